The average molecular weight is 282 g/mol. The van der Waals surface area contributed by atoms with E-state index in [-0.39, 0.29) is 23.7 Å². The summed E-state index contributed by atoms with van der Waals surface area (Å²) in [5.41, 5.74) is -1.85. The molecule has 4 rings (SSSR count). The Morgan fingerprint density at radius 2 is 2.00 bits per heavy atom. The number of hydrogen-bond acceptors (Lipinski definition) is 5. The minimum atomic E-state index is -0.967. The van der Waals surface area contributed by atoms with Crippen molar-refractivity contribution < 1.29 is 24.1 Å². The van der Waals surface area contributed by atoms with Gasteiger partial charge in [0.1, 0.15) is 5.60 Å². The highest BCUT2D eigenvalue weighted by molar-refractivity contribution is 5.74. The topological polar surface area (TPSA) is 65.0 Å². The molecule has 4 aliphatic rings. The normalized spacial score (nSPS) is 60.9. The molecule has 7 atom stereocenters. The number of carbonyl (C=O) groups excluding carboxylic acids is 1. The molecule has 3 aliphatic heterocycles. The Bertz CT molecular complexity index is 479. The van der Waals surface area contributed by atoms with Crippen LogP contribution in [0.5, 0.6) is 0 Å². The fraction of sp³-hybridized carbons (Fsp3) is 0.933. The van der Waals surface area contributed by atoms with Crippen LogP contribution < -0.4 is 0 Å². The Morgan fingerprint density at radius 3 is 2.75 bits per heavy atom. The van der Waals surface area contributed by atoms with Gasteiger partial charge in [-0.3, -0.25) is 4.79 Å². The van der Waals surface area contributed by atoms with Gasteiger partial charge in [0.2, 0.25) is 6.29 Å². The molecule has 0 aromatic carbocycles. The highest BCUT2D eigenvalue weighted by atomic mass is 16.8. The lowest BCUT2D eigenvalue weighted by atomic mass is 9.54. The molecule has 0 aromatic heterocycles. The Kier molecular flexibility index (Phi) is 2.33. The van der Waals surface area contributed by atoms with Crippen LogP contribution in [0.1, 0.15) is 46.5 Å². The van der Waals surface area contributed by atoms with Gasteiger partial charge in [0, 0.05) is 12.3 Å². The van der Waals surface area contributed by atoms with Crippen molar-refractivity contribution in [2.24, 2.45) is 17.8 Å². The van der Waals surface area contributed by atoms with E-state index in [2.05, 4.69) is 6.92 Å². The van der Waals surface area contributed by atoms with E-state index in [0.29, 0.717) is 12.8 Å². The molecule has 0 radical (unpaired) electrons. The van der Waals surface area contributed by atoms with Gasteiger partial charge in [-0.05, 0) is 32.1 Å². The zero-order chi connectivity index (χ0) is 14.3. The molecule has 0 aromatic rings. The third kappa shape index (κ3) is 1.23. The highest BCUT2D eigenvalue weighted by Crippen LogP contribution is 2.64. The van der Waals surface area contributed by atoms with E-state index in [4.69, 9.17) is 14.2 Å². The number of carbonyl (C=O) groups is 1. The summed E-state index contributed by atoms with van der Waals surface area (Å²) in [7, 11) is 0. The lowest BCUT2D eigenvalue weighted by molar-refractivity contribution is -0.323. The third-order valence-electron chi connectivity index (χ3n) is 6.20. The maximum absolute atomic E-state index is 12.1. The van der Waals surface area contributed by atoms with Crippen molar-refractivity contribution in [3.05, 3.63) is 0 Å². The Hall–Kier alpha value is -0.650. The molecule has 1 spiro atoms. The molecule has 0 amide bonds. The summed E-state index contributed by atoms with van der Waals surface area (Å²) in [6.07, 6.45) is 2.28. The summed E-state index contributed by atoms with van der Waals surface area (Å²) in [6.45, 7) is 5.82. The van der Waals surface area contributed by atoms with E-state index in [1.165, 1.54) is 0 Å². The first-order valence-electron chi connectivity index (χ1n) is 7.63. The van der Waals surface area contributed by atoms with E-state index in [9.17, 15) is 9.90 Å². The second-order valence-electron chi connectivity index (χ2n) is 7.21. The van der Waals surface area contributed by atoms with Crippen LogP contribution >= 0.6 is 0 Å². The molecule has 112 valence electrons. The number of ether oxygens (including phenoxy) is 3. The third-order valence-corrected chi connectivity index (χ3v) is 6.20. The highest BCUT2D eigenvalue weighted by Gasteiger charge is 2.77. The molecular formula is C15H22O5. The van der Waals surface area contributed by atoms with Crippen LogP contribution in [0.15, 0.2) is 0 Å². The van der Waals surface area contributed by atoms with E-state index < -0.39 is 23.3 Å². The van der Waals surface area contributed by atoms with Crippen LogP contribution in [0.25, 0.3) is 0 Å². The molecule has 4 fully saturated rings. The van der Waals surface area contributed by atoms with Crippen LogP contribution in [0.2, 0.25) is 0 Å². The second-order valence-corrected chi connectivity index (χ2v) is 7.21. The first-order chi connectivity index (χ1) is 9.32. The molecule has 20 heavy (non-hydrogen) atoms. The summed E-state index contributed by atoms with van der Waals surface area (Å²) in [5, 5.41) is 11.4. The number of esters is 1. The van der Waals surface area contributed by atoms with Gasteiger partial charge in [0.25, 0.3) is 0 Å². The van der Waals surface area contributed by atoms with Crippen molar-refractivity contribution >= 4 is 5.97 Å². The largest absolute Gasteiger partial charge is 0.432 e. The van der Waals surface area contributed by atoms with Gasteiger partial charge >= 0.3 is 5.97 Å². The fourth-order valence-corrected chi connectivity index (χ4v) is 4.95. The van der Waals surface area contributed by atoms with Crippen LogP contribution in [-0.2, 0) is 19.0 Å². The molecule has 5 nitrogen and oxygen atoms in total. The van der Waals surface area contributed by atoms with Crippen molar-refractivity contribution in [2.75, 3.05) is 0 Å². The van der Waals surface area contributed by atoms with Gasteiger partial charge in [-0.2, -0.15) is 0 Å². The summed E-state index contributed by atoms with van der Waals surface area (Å²) in [5.74, 6) is -1.14. The number of rotatable bonds is 0. The Balaban J connectivity index is 1.89. The number of hydrogen-bond donors (Lipinski definition) is 1. The minimum Gasteiger partial charge on any atom is -0.432 e. The maximum Gasteiger partial charge on any atom is 0.311 e. The van der Waals surface area contributed by atoms with Crippen LogP contribution in [-0.4, -0.2) is 34.4 Å². The average Bonchev–Trinajstić information content (AvgIpc) is 2.64. The lowest BCUT2D eigenvalue weighted by Gasteiger charge is -2.60. The van der Waals surface area contributed by atoms with E-state index >= 15 is 0 Å². The molecule has 1 aliphatic carbocycles. The Labute approximate surface area is 118 Å². The van der Waals surface area contributed by atoms with E-state index in [1.807, 2.05) is 13.8 Å². The van der Waals surface area contributed by atoms with Crippen molar-refractivity contribution in [1.82, 2.24) is 0 Å². The van der Waals surface area contributed by atoms with E-state index in [1.54, 1.807) is 0 Å². The van der Waals surface area contributed by atoms with Gasteiger partial charge in [-0.1, -0.05) is 13.8 Å². The molecule has 0 unspecified atom stereocenters. The molecular weight excluding hydrogens is 260 g/mol. The maximum atomic E-state index is 12.1. The fourth-order valence-electron chi connectivity index (χ4n) is 4.95. The zero-order valence-electron chi connectivity index (χ0n) is 12.2. The summed E-state index contributed by atoms with van der Waals surface area (Å²) in [4.78, 5) is 12.1. The molecule has 1 N–H and O–H groups in total. The predicted molar refractivity (Wildman–Crippen MR) is 68.4 cm³/mol. The van der Waals surface area contributed by atoms with Gasteiger partial charge in [0.15, 0.2) is 11.4 Å². The van der Waals surface area contributed by atoms with E-state index in [0.717, 1.165) is 12.8 Å². The molecule has 1 saturated carbocycles. The van der Waals surface area contributed by atoms with Crippen molar-refractivity contribution in [2.45, 2.75) is 69.7 Å². The van der Waals surface area contributed by atoms with Gasteiger partial charge in [0.05, 0.1) is 5.92 Å². The SMILES string of the molecule is C[C@@H]1CC[C@H]2[C@@H](C)C(=O)O[C@@H]3O[C@@]4(C)CC[C@]1(O)[C@]32O4. The van der Waals surface area contributed by atoms with Gasteiger partial charge < -0.3 is 19.3 Å². The standard InChI is InChI=1S/C15H22O5/c1-8-4-5-10-9(2)11(16)18-12-15(10)14(8,17)7-6-13(3,19-12)20-15/h8-10,12,17H,4-7H2,1-3H3/t8-,9-,10+,12-,13-,14-,15-/m1/s1. The van der Waals surface area contributed by atoms with Crippen molar-refractivity contribution in [3.63, 3.8) is 0 Å². The van der Waals surface area contributed by atoms with Crippen LogP contribution in [0, 0.1) is 17.8 Å². The summed E-state index contributed by atoms with van der Waals surface area (Å²) >= 11 is 0. The summed E-state index contributed by atoms with van der Waals surface area (Å²) < 4.78 is 17.7. The van der Waals surface area contributed by atoms with Crippen LogP contribution in [0.3, 0.4) is 0 Å². The smallest absolute Gasteiger partial charge is 0.311 e. The van der Waals surface area contributed by atoms with Gasteiger partial charge in [-0.25, -0.2) is 0 Å². The first kappa shape index (κ1) is 13.0. The first-order valence-corrected chi connectivity index (χ1v) is 7.63. The predicted octanol–water partition coefficient (Wildman–Crippen LogP) is 1.58. The lowest BCUT2D eigenvalue weighted by Crippen LogP contribution is -2.74. The number of fused-ring (bicyclic) bond motifs is 1. The zero-order valence-corrected chi connectivity index (χ0v) is 12.2. The second kappa shape index (κ2) is 3.57. The molecule has 3 saturated heterocycles. The quantitative estimate of drug-likeness (QED) is 0.683. The molecule has 3 heterocycles. The van der Waals surface area contributed by atoms with Crippen LogP contribution in [0.4, 0.5) is 0 Å². The Morgan fingerprint density at radius 1 is 1.25 bits per heavy atom. The number of aliphatic hydroxyl groups is 1. The minimum absolute atomic E-state index is 0.0305. The van der Waals surface area contributed by atoms with Gasteiger partial charge in [-0.15, -0.1) is 0 Å². The monoisotopic (exact) mass is 282 g/mol. The molecule has 2 bridgehead atoms. The molecule has 5 heteroatoms. The van der Waals surface area contributed by atoms with Crippen molar-refractivity contribution in [1.29, 1.82) is 0 Å². The van der Waals surface area contributed by atoms with Crippen molar-refractivity contribution in [3.8, 4) is 0 Å². The summed E-state index contributed by atoms with van der Waals surface area (Å²) in [6, 6.07) is 0.